The quantitative estimate of drug-likeness (QED) is 0.806. The molecular formula is C12H10BrCl2N3O3S. The van der Waals surface area contributed by atoms with E-state index in [1.807, 2.05) is 0 Å². The molecular weight excluding hydrogens is 417 g/mol. The van der Waals surface area contributed by atoms with E-state index in [4.69, 9.17) is 27.9 Å². The standard InChI is InChI=1S/C12H10BrCl2N3O3S/c1-6-10(13)17-12(21-2)11(16-6)18-22(19,20)8-5-3-4-7(14)9(8)15/h3-5H,1-2H3,(H,16,18). The van der Waals surface area contributed by atoms with E-state index in [1.165, 1.54) is 25.3 Å². The zero-order chi connectivity index (χ0) is 16.5. The van der Waals surface area contributed by atoms with Crippen LogP contribution in [-0.4, -0.2) is 25.5 Å². The Morgan fingerprint density at radius 3 is 2.59 bits per heavy atom. The second-order valence-electron chi connectivity index (χ2n) is 4.12. The molecule has 0 aliphatic rings. The molecule has 22 heavy (non-hydrogen) atoms. The van der Waals surface area contributed by atoms with Gasteiger partial charge in [0.25, 0.3) is 15.9 Å². The lowest BCUT2D eigenvalue weighted by atomic mass is 10.4. The van der Waals surface area contributed by atoms with Gasteiger partial charge in [-0.2, -0.15) is 0 Å². The summed E-state index contributed by atoms with van der Waals surface area (Å²) in [5, 5.41) is 0.0620. The number of aryl methyl sites for hydroxylation is 1. The molecule has 0 amide bonds. The first-order valence-corrected chi connectivity index (χ1v) is 8.84. The fraction of sp³-hybridized carbons (Fsp3) is 0.167. The highest BCUT2D eigenvalue weighted by atomic mass is 79.9. The van der Waals surface area contributed by atoms with Crippen LogP contribution in [0.25, 0.3) is 0 Å². The molecule has 2 rings (SSSR count). The van der Waals surface area contributed by atoms with Crippen LogP contribution < -0.4 is 9.46 Å². The molecule has 0 saturated heterocycles. The summed E-state index contributed by atoms with van der Waals surface area (Å²) in [6.07, 6.45) is 0. The molecule has 0 spiro atoms. The van der Waals surface area contributed by atoms with Crippen molar-refractivity contribution in [1.29, 1.82) is 0 Å². The van der Waals surface area contributed by atoms with Crippen molar-refractivity contribution in [2.45, 2.75) is 11.8 Å². The number of rotatable bonds is 4. The van der Waals surface area contributed by atoms with Crippen molar-refractivity contribution < 1.29 is 13.2 Å². The Kier molecular flexibility index (Phi) is 5.16. The van der Waals surface area contributed by atoms with E-state index in [0.717, 1.165) is 0 Å². The first-order chi connectivity index (χ1) is 10.3. The second-order valence-corrected chi connectivity index (χ2v) is 7.30. The summed E-state index contributed by atoms with van der Waals surface area (Å²) in [6, 6.07) is 4.31. The molecule has 118 valence electrons. The number of sulfonamides is 1. The average Bonchev–Trinajstić information content (AvgIpc) is 2.45. The van der Waals surface area contributed by atoms with Gasteiger partial charge in [-0.1, -0.05) is 29.3 Å². The smallest absolute Gasteiger partial charge is 0.264 e. The predicted molar refractivity (Wildman–Crippen MR) is 88.3 cm³/mol. The number of aromatic nitrogens is 2. The van der Waals surface area contributed by atoms with Crippen molar-refractivity contribution in [3.63, 3.8) is 0 Å². The van der Waals surface area contributed by atoms with Gasteiger partial charge in [-0.05, 0) is 35.0 Å². The topological polar surface area (TPSA) is 81.2 Å². The van der Waals surface area contributed by atoms with Crippen LogP contribution in [0.3, 0.4) is 0 Å². The molecule has 0 unspecified atom stereocenters. The molecule has 10 heteroatoms. The van der Waals surface area contributed by atoms with Crippen molar-refractivity contribution in [2.75, 3.05) is 11.8 Å². The molecule has 0 aliphatic heterocycles. The average molecular weight is 427 g/mol. The number of halogens is 3. The molecule has 6 nitrogen and oxygen atoms in total. The zero-order valence-electron chi connectivity index (χ0n) is 11.4. The van der Waals surface area contributed by atoms with Crippen LogP contribution in [0.4, 0.5) is 5.82 Å². The maximum Gasteiger partial charge on any atom is 0.264 e. The number of benzene rings is 1. The van der Waals surface area contributed by atoms with E-state index >= 15 is 0 Å². The van der Waals surface area contributed by atoms with Crippen LogP contribution in [0.5, 0.6) is 5.88 Å². The van der Waals surface area contributed by atoms with E-state index in [1.54, 1.807) is 6.92 Å². The summed E-state index contributed by atoms with van der Waals surface area (Å²) in [6.45, 7) is 1.67. The lowest BCUT2D eigenvalue weighted by Crippen LogP contribution is -2.16. The first-order valence-electron chi connectivity index (χ1n) is 5.81. The number of hydrogen-bond acceptors (Lipinski definition) is 5. The number of hydrogen-bond donors (Lipinski definition) is 1. The Morgan fingerprint density at radius 2 is 1.95 bits per heavy atom. The Morgan fingerprint density at radius 1 is 1.27 bits per heavy atom. The van der Waals surface area contributed by atoms with E-state index in [-0.39, 0.29) is 26.6 Å². The largest absolute Gasteiger partial charge is 0.478 e. The maximum atomic E-state index is 12.4. The summed E-state index contributed by atoms with van der Waals surface area (Å²) in [7, 11) is -2.64. The summed E-state index contributed by atoms with van der Waals surface area (Å²) in [4.78, 5) is 8.00. The monoisotopic (exact) mass is 425 g/mol. The molecule has 0 atom stereocenters. The van der Waals surface area contributed by atoms with Gasteiger partial charge in [0.15, 0.2) is 0 Å². The van der Waals surface area contributed by atoms with Crippen molar-refractivity contribution in [3.05, 3.63) is 38.5 Å². The van der Waals surface area contributed by atoms with Gasteiger partial charge in [-0.15, -0.1) is 0 Å². The van der Waals surface area contributed by atoms with Crippen LogP contribution in [0.1, 0.15) is 5.69 Å². The van der Waals surface area contributed by atoms with Gasteiger partial charge in [-0.3, -0.25) is 4.72 Å². The third kappa shape index (κ3) is 3.45. The van der Waals surface area contributed by atoms with E-state index in [9.17, 15) is 8.42 Å². The molecule has 0 aliphatic carbocycles. The summed E-state index contributed by atoms with van der Waals surface area (Å²) < 4.78 is 32.7. The first kappa shape index (κ1) is 17.3. The number of nitrogens with zero attached hydrogens (tertiary/aromatic N) is 2. The van der Waals surface area contributed by atoms with Gasteiger partial charge >= 0.3 is 0 Å². The SMILES string of the molecule is COc1nc(Br)c(C)nc1NS(=O)(=O)c1cccc(Cl)c1Cl. The number of ether oxygens (including phenoxy) is 1. The highest BCUT2D eigenvalue weighted by Gasteiger charge is 2.23. The lowest BCUT2D eigenvalue weighted by Gasteiger charge is -2.12. The number of methoxy groups -OCH3 is 1. The van der Waals surface area contributed by atoms with Crippen LogP contribution in [0.15, 0.2) is 27.7 Å². The van der Waals surface area contributed by atoms with Gasteiger partial charge in [0.05, 0.1) is 22.8 Å². The van der Waals surface area contributed by atoms with Gasteiger partial charge in [0, 0.05) is 0 Å². The van der Waals surface area contributed by atoms with Crippen LogP contribution in [0, 0.1) is 6.92 Å². The Labute approximate surface area is 146 Å². The molecule has 2 aromatic rings. The normalized spacial score (nSPS) is 11.3. The summed E-state index contributed by atoms with van der Waals surface area (Å²) in [5.74, 6) is -0.0153. The van der Waals surface area contributed by atoms with Crippen molar-refractivity contribution >= 4 is 55.0 Å². The Hall–Kier alpha value is -1.09. The van der Waals surface area contributed by atoms with Crippen molar-refractivity contribution in [2.24, 2.45) is 0 Å². The molecule has 0 radical (unpaired) electrons. The molecule has 0 saturated carbocycles. The van der Waals surface area contributed by atoms with Crippen molar-refractivity contribution in [3.8, 4) is 5.88 Å². The van der Waals surface area contributed by atoms with E-state index in [2.05, 4.69) is 30.6 Å². The highest BCUT2D eigenvalue weighted by molar-refractivity contribution is 9.10. The maximum absolute atomic E-state index is 12.4. The van der Waals surface area contributed by atoms with Gasteiger partial charge in [0.2, 0.25) is 5.82 Å². The molecule has 0 fully saturated rings. The number of nitrogens with one attached hydrogen (secondary N) is 1. The van der Waals surface area contributed by atoms with Crippen LogP contribution in [0.2, 0.25) is 10.0 Å². The van der Waals surface area contributed by atoms with Crippen LogP contribution >= 0.6 is 39.1 Å². The Bertz CT molecular complexity index is 831. The van der Waals surface area contributed by atoms with E-state index < -0.39 is 10.0 Å². The van der Waals surface area contributed by atoms with Gasteiger partial charge < -0.3 is 4.74 Å². The molecule has 1 heterocycles. The molecule has 0 bridgehead atoms. The third-order valence-corrected chi connectivity index (χ3v) is 5.67. The minimum atomic E-state index is -3.99. The van der Waals surface area contributed by atoms with Gasteiger partial charge in [0.1, 0.15) is 9.50 Å². The minimum Gasteiger partial charge on any atom is -0.478 e. The van der Waals surface area contributed by atoms with Crippen LogP contribution in [-0.2, 0) is 10.0 Å². The summed E-state index contributed by atoms with van der Waals surface area (Å²) >= 11 is 15.0. The fourth-order valence-corrected chi connectivity index (χ4v) is 3.58. The third-order valence-electron chi connectivity index (χ3n) is 2.61. The van der Waals surface area contributed by atoms with Crippen molar-refractivity contribution in [1.82, 2.24) is 9.97 Å². The Balaban J connectivity index is 2.50. The van der Waals surface area contributed by atoms with E-state index in [0.29, 0.717) is 10.3 Å². The lowest BCUT2D eigenvalue weighted by molar-refractivity contribution is 0.397. The minimum absolute atomic E-state index is 0.0270. The fourth-order valence-electron chi connectivity index (χ4n) is 1.57. The zero-order valence-corrected chi connectivity index (χ0v) is 15.3. The predicted octanol–water partition coefficient (Wildman–Crippen LogP) is 3.66. The highest BCUT2D eigenvalue weighted by Crippen LogP contribution is 2.31. The molecule has 1 N–H and O–H groups in total. The molecule has 1 aromatic carbocycles. The number of anilines is 1. The van der Waals surface area contributed by atoms with Gasteiger partial charge in [-0.25, -0.2) is 18.4 Å². The second kappa shape index (κ2) is 6.57. The summed E-state index contributed by atoms with van der Waals surface area (Å²) in [5.41, 5.74) is 0.496. The molecule has 1 aromatic heterocycles.